The van der Waals surface area contributed by atoms with E-state index in [1.165, 1.54) is 6.07 Å². The van der Waals surface area contributed by atoms with Crippen molar-refractivity contribution in [2.24, 2.45) is 0 Å². The number of ether oxygens (including phenoxy) is 1. The number of halogens is 6. The van der Waals surface area contributed by atoms with Gasteiger partial charge in [0.05, 0.1) is 22.4 Å². The Morgan fingerprint density at radius 1 is 1.17 bits per heavy atom. The Balaban J connectivity index is 1.93. The number of nitrogens with zero attached hydrogens (tertiary/aromatic N) is 4. The molecule has 5 nitrogen and oxygen atoms in total. The molecule has 3 heterocycles. The molecule has 0 saturated carbocycles. The maximum Gasteiger partial charge on any atom is 0.419 e. The number of fused-ring (bicyclic) bond motifs is 3. The van der Waals surface area contributed by atoms with Gasteiger partial charge in [-0.15, -0.1) is 0 Å². The SMILES string of the molecule is Cc1cncc(N2CCCn3c2nc2c(Cl)ccc(C(OC(F)F)C(F)(F)F)c23)c1. The van der Waals surface area contributed by atoms with Crippen LogP contribution < -0.4 is 4.90 Å². The first-order valence-corrected chi connectivity index (χ1v) is 9.42. The van der Waals surface area contributed by atoms with Crippen LogP contribution in [0.2, 0.25) is 5.02 Å². The Bertz CT molecular complexity index is 1080. The molecule has 0 spiro atoms. The molecule has 0 aliphatic carbocycles. The van der Waals surface area contributed by atoms with E-state index in [2.05, 4.69) is 14.7 Å². The van der Waals surface area contributed by atoms with Crippen molar-refractivity contribution in [3.8, 4) is 0 Å². The van der Waals surface area contributed by atoms with Crippen LogP contribution in [0.3, 0.4) is 0 Å². The smallest absolute Gasteiger partial charge is 0.310 e. The van der Waals surface area contributed by atoms with Crippen molar-refractivity contribution in [1.29, 1.82) is 0 Å². The van der Waals surface area contributed by atoms with Crippen molar-refractivity contribution in [3.63, 3.8) is 0 Å². The minimum absolute atomic E-state index is 0.0331. The Morgan fingerprint density at radius 3 is 2.60 bits per heavy atom. The van der Waals surface area contributed by atoms with Gasteiger partial charge >= 0.3 is 12.8 Å². The predicted octanol–water partition coefficient (Wildman–Crippen LogP) is 5.78. The summed E-state index contributed by atoms with van der Waals surface area (Å²) in [6.45, 7) is -0.805. The van der Waals surface area contributed by atoms with Crippen molar-refractivity contribution in [2.45, 2.75) is 38.8 Å². The van der Waals surface area contributed by atoms with Gasteiger partial charge in [0.2, 0.25) is 5.95 Å². The van der Waals surface area contributed by atoms with Crippen LogP contribution in [0.5, 0.6) is 0 Å². The Hall–Kier alpha value is -2.46. The van der Waals surface area contributed by atoms with E-state index in [4.69, 9.17) is 11.6 Å². The maximum atomic E-state index is 13.6. The quantitative estimate of drug-likeness (QED) is 0.477. The second kappa shape index (κ2) is 7.66. The molecular formula is C19H16ClF5N4O. The van der Waals surface area contributed by atoms with Crippen LogP contribution in [0.1, 0.15) is 23.7 Å². The lowest BCUT2D eigenvalue weighted by Crippen LogP contribution is -2.29. The Labute approximate surface area is 173 Å². The first-order chi connectivity index (χ1) is 14.2. The van der Waals surface area contributed by atoms with Gasteiger partial charge in [-0.25, -0.2) is 4.98 Å². The zero-order valence-electron chi connectivity index (χ0n) is 15.6. The van der Waals surface area contributed by atoms with Gasteiger partial charge in [0.15, 0.2) is 6.10 Å². The van der Waals surface area contributed by atoms with Gasteiger partial charge in [-0.1, -0.05) is 17.7 Å². The van der Waals surface area contributed by atoms with Crippen molar-refractivity contribution in [3.05, 3.63) is 46.7 Å². The number of hydrogen-bond donors (Lipinski definition) is 0. The summed E-state index contributed by atoms with van der Waals surface area (Å²) in [5.41, 5.74) is 1.31. The fraction of sp³-hybridized carbons (Fsp3) is 0.368. The first kappa shape index (κ1) is 20.8. The molecule has 11 heteroatoms. The topological polar surface area (TPSA) is 43.2 Å². The molecule has 1 aliphatic heterocycles. The van der Waals surface area contributed by atoms with E-state index < -0.39 is 24.5 Å². The molecule has 0 radical (unpaired) electrons. The lowest BCUT2D eigenvalue weighted by atomic mass is 10.1. The largest absolute Gasteiger partial charge is 0.419 e. The zero-order chi connectivity index (χ0) is 21.6. The van der Waals surface area contributed by atoms with E-state index in [0.717, 1.165) is 17.3 Å². The number of rotatable bonds is 4. The summed E-state index contributed by atoms with van der Waals surface area (Å²) in [7, 11) is 0. The molecule has 4 rings (SSSR count). The van der Waals surface area contributed by atoms with Gasteiger partial charge in [-0.3, -0.25) is 4.98 Å². The molecule has 2 aromatic heterocycles. The Morgan fingerprint density at radius 2 is 1.93 bits per heavy atom. The summed E-state index contributed by atoms with van der Waals surface area (Å²) >= 11 is 6.22. The average molecular weight is 447 g/mol. The molecule has 0 amide bonds. The highest BCUT2D eigenvalue weighted by atomic mass is 35.5. The molecule has 0 bridgehead atoms. The molecule has 0 saturated heterocycles. The number of anilines is 2. The molecule has 1 atom stereocenters. The van der Waals surface area contributed by atoms with Crippen molar-refractivity contribution in [2.75, 3.05) is 11.4 Å². The van der Waals surface area contributed by atoms with E-state index in [0.29, 0.717) is 25.5 Å². The monoisotopic (exact) mass is 446 g/mol. The average Bonchev–Trinajstić information content (AvgIpc) is 3.07. The van der Waals surface area contributed by atoms with E-state index in [-0.39, 0.29) is 16.1 Å². The number of pyridine rings is 1. The van der Waals surface area contributed by atoms with Gasteiger partial charge < -0.3 is 14.2 Å². The predicted molar refractivity (Wildman–Crippen MR) is 101 cm³/mol. The Kier molecular flexibility index (Phi) is 5.31. The summed E-state index contributed by atoms with van der Waals surface area (Å²) in [5.74, 6) is 0.371. The molecule has 3 aromatic rings. The second-order valence-corrected chi connectivity index (χ2v) is 7.35. The van der Waals surface area contributed by atoms with Crippen LogP contribution in [0.25, 0.3) is 11.0 Å². The van der Waals surface area contributed by atoms with E-state index in [1.807, 2.05) is 17.9 Å². The van der Waals surface area contributed by atoms with Crippen LogP contribution >= 0.6 is 11.6 Å². The highest BCUT2D eigenvalue weighted by Crippen LogP contribution is 2.43. The van der Waals surface area contributed by atoms with Crippen LogP contribution in [-0.4, -0.2) is 33.9 Å². The third-order valence-electron chi connectivity index (χ3n) is 4.85. The van der Waals surface area contributed by atoms with Crippen LogP contribution in [0.4, 0.5) is 33.6 Å². The maximum absolute atomic E-state index is 13.6. The van der Waals surface area contributed by atoms with Crippen molar-refractivity contribution >= 4 is 34.3 Å². The number of hydrogen-bond acceptors (Lipinski definition) is 4. The third-order valence-corrected chi connectivity index (χ3v) is 5.16. The fourth-order valence-corrected chi connectivity index (χ4v) is 3.89. The number of aromatic nitrogens is 3. The molecule has 30 heavy (non-hydrogen) atoms. The van der Waals surface area contributed by atoms with Gasteiger partial charge in [0, 0.05) is 24.8 Å². The number of imidazole rings is 1. The lowest BCUT2D eigenvalue weighted by Gasteiger charge is -2.30. The summed E-state index contributed by atoms with van der Waals surface area (Å²) in [6.07, 6.45) is -3.94. The van der Waals surface area contributed by atoms with E-state index in [1.54, 1.807) is 17.0 Å². The highest BCUT2D eigenvalue weighted by Gasteiger charge is 2.45. The van der Waals surface area contributed by atoms with Crippen LogP contribution in [0, 0.1) is 6.92 Å². The van der Waals surface area contributed by atoms with Gasteiger partial charge in [-0.2, -0.15) is 22.0 Å². The number of benzene rings is 1. The molecule has 1 aromatic carbocycles. The fourth-order valence-electron chi connectivity index (χ4n) is 3.70. The van der Waals surface area contributed by atoms with Gasteiger partial charge in [0.1, 0.15) is 5.52 Å². The minimum atomic E-state index is -5.04. The molecule has 1 aliphatic rings. The minimum Gasteiger partial charge on any atom is -0.310 e. The van der Waals surface area contributed by atoms with Gasteiger partial charge in [-0.05, 0) is 31.0 Å². The molecular weight excluding hydrogens is 431 g/mol. The number of aryl methyl sites for hydroxylation is 2. The summed E-state index contributed by atoms with van der Waals surface area (Å²) in [5, 5.41) is 0.121. The lowest BCUT2D eigenvalue weighted by molar-refractivity contribution is -0.276. The zero-order valence-corrected chi connectivity index (χ0v) is 16.4. The highest BCUT2D eigenvalue weighted by molar-refractivity contribution is 6.35. The van der Waals surface area contributed by atoms with Gasteiger partial charge in [0.25, 0.3) is 0 Å². The molecule has 0 N–H and O–H groups in total. The molecule has 160 valence electrons. The second-order valence-electron chi connectivity index (χ2n) is 6.94. The van der Waals surface area contributed by atoms with Crippen LogP contribution in [0.15, 0.2) is 30.6 Å². The summed E-state index contributed by atoms with van der Waals surface area (Å²) in [4.78, 5) is 10.4. The van der Waals surface area contributed by atoms with Crippen LogP contribution in [-0.2, 0) is 11.3 Å². The standard InChI is InChI=1S/C19H16ClF5N4O/c1-10-7-11(9-26-8-10)28-5-2-6-29-15-12(16(19(23,24)25)30-17(21)22)3-4-13(20)14(15)27-18(28)29/h3-4,7-9,16-17H,2,5-6H2,1H3. The number of alkyl halides is 5. The summed E-state index contributed by atoms with van der Waals surface area (Å²) < 4.78 is 71.8. The van der Waals surface area contributed by atoms with E-state index in [9.17, 15) is 22.0 Å². The first-order valence-electron chi connectivity index (χ1n) is 9.05. The molecule has 1 unspecified atom stereocenters. The third kappa shape index (κ3) is 3.69. The molecule has 0 fully saturated rings. The normalized spacial score (nSPS) is 15.7. The van der Waals surface area contributed by atoms with Crippen molar-refractivity contribution < 1.29 is 26.7 Å². The van der Waals surface area contributed by atoms with E-state index >= 15 is 0 Å². The van der Waals surface area contributed by atoms with Crippen molar-refractivity contribution in [1.82, 2.24) is 14.5 Å². The summed E-state index contributed by atoms with van der Waals surface area (Å²) in [6, 6.07) is 4.15.